The lowest BCUT2D eigenvalue weighted by Crippen LogP contribution is -2.44. The van der Waals surface area contributed by atoms with Gasteiger partial charge in [0.05, 0.1) is 10.5 Å². The third kappa shape index (κ3) is 4.81. The van der Waals surface area contributed by atoms with Crippen LogP contribution in [0.3, 0.4) is 0 Å². The number of hydrogen-bond acceptors (Lipinski definition) is 3. The fourth-order valence-electron chi connectivity index (χ4n) is 2.85. The topological polar surface area (TPSA) is 72.2 Å². The number of halogens is 5. The molecule has 3 N–H and O–H groups in total. The maximum absolute atomic E-state index is 13.3. The molecule has 1 aliphatic rings. The Bertz CT molecular complexity index is 661. The lowest BCUT2D eigenvalue weighted by Gasteiger charge is -2.23. The Morgan fingerprint density at radius 3 is 2.33 bits per heavy atom. The molecule has 1 aromatic carbocycles. The van der Waals surface area contributed by atoms with E-state index < -0.39 is 38.5 Å². The molecule has 0 saturated heterocycles. The summed E-state index contributed by atoms with van der Waals surface area (Å²) in [7, 11) is -4.21. The minimum Gasteiger partial charge on any atom is -0.329 e. The van der Waals surface area contributed by atoms with E-state index in [1.807, 2.05) is 0 Å². The number of sulfonamides is 1. The number of nitrogens with two attached hydrogens (primary N) is 1. The van der Waals surface area contributed by atoms with Crippen LogP contribution in [0, 0.1) is 11.7 Å². The van der Waals surface area contributed by atoms with Crippen LogP contribution in [-0.4, -0.2) is 21.0 Å². The van der Waals surface area contributed by atoms with Gasteiger partial charge < -0.3 is 5.73 Å². The first-order valence-electron chi connectivity index (χ1n) is 7.24. The predicted octanol–water partition coefficient (Wildman–Crippen LogP) is 3.06. The second kappa shape index (κ2) is 7.99. The molecular formula is C14H19ClF4N2O2S. The molecule has 1 aliphatic carbocycles. The maximum Gasteiger partial charge on any atom is 0.419 e. The van der Waals surface area contributed by atoms with Crippen molar-refractivity contribution in [1.29, 1.82) is 0 Å². The van der Waals surface area contributed by atoms with E-state index in [1.54, 1.807) is 0 Å². The Balaban J connectivity index is 0.00000288. The third-order valence-corrected chi connectivity index (χ3v) is 5.57. The van der Waals surface area contributed by atoms with Gasteiger partial charge >= 0.3 is 6.18 Å². The van der Waals surface area contributed by atoms with E-state index in [1.165, 1.54) is 0 Å². The Hall–Kier alpha value is -0.900. The molecule has 1 saturated carbocycles. The summed E-state index contributed by atoms with van der Waals surface area (Å²) in [6, 6.07) is 1.08. The van der Waals surface area contributed by atoms with Gasteiger partial charge in [-0.15, -0.1) is 12.4 Å². The van der Waals surface area contributed by atoms with Crippen molar-refractivity contribution in [3.8, 4) is 0 Å². The summed E-state index contributed by atoms with van der Waals surface area (Å²) in [5.74, 6) is -1.44. The Morgan fingerprint density at radius 2 is 1.83 bits per heavy atom. The second-order valence-electron chi connectivity index (χ2n) is 5.65. The van der Waals surface area contributed by atoms with Gasteiger partial charge in [-0.1, -0.05) is 12.8 Å². The number of rotatable bonds is 5. The SMILES string of the molecule is Cl.NCC(NS(=O)(=O)c1ccc(F)c(C(F)(F)F)c1)C1CCCC1. The molecule has 1 atom stereocenters. The molecule has 0 spiro atoms. The molecule has 0 aliphatic heterocycles. The minimum absolute atomic E-state index is 0. The standard InChI is InChI=1S/C14H18F4N2O2S.ClH/c15-12-6-5-10(7-11(12)14(16,17)18)23(21,22)20-13(8-19)9-3-1-2-4-9;/h5-7,9,13,20H,1-4,8,19H2;1H. The lowest BCUT2D eigenvalue weighted by molar-refractivity contribution is -0.140. The van der Waals surface area contributed by atoms with Crippen LogP contribution in [0.1, 0.15) is 31.2 Å². The van der Waals surface area contributed by atoms with E-state index in [4.69, 9.17) is 5.73 Å². The quantitative estimate of drug-likeness (QED) is 0.759. The molecule has 1 fully saturated rings. The predicted molar refractivity (Wildman–Crippen MR) is 83.8 cm³/mol. The molecule has 0 aromatic heterocycles. The van der Waals surface area contributed by atoms with Crippen molar-refractivity contribution in [1.82, 2.24) is 4.72 Å². The zero-order valence-electron chi connectivity index (χ0n) is 12.6. The lowest BCUT2D eigenvalue weighted by atomic mass is 9.99. The number of benzene rings is 1. The monoisotopic (exact) mass is 390 g/mol. The second-order valence-corrected chi connectivity index (χ2v) is 7.36. The smallest absolute Gasteiger partial charge is 0.329 e. The summed E-state index contributed by atoms with van der Waals surface area (Å²) in [5, 5.41) is 0. The number of alkyl halides is 3. The molecule has 10 heteroatoms. The first kappa shape index (κ1) is 21.1. The zero-order valence-corrected chi connectivity index (χ0v) is 14.3. The summed E-state index contributed by atoms with van der Waals surface area (Å²) in [6.45, 7) is 0.0528. The molecule has 0 radical (unpaired) electrons. The number of nitrogens with one attached hydrogen (secondary N) is 1. The van der Waals surface area contributed by atoms with Crippen molar-refractivity contribution in [3.63, 3.8) is 0 Å². The molecule has 2 rings (SSSR count). The van der Waals surface area contributed by atoms with Gasteiger partial charge in [-0.2, -0.15) is 13.2 Å². The van der Waals surface area contributed by atoms with Crippen molar-refractivity contribution in [3.05, 3.63) is 29.6 Å². The van der Waals surface area contributed by atoms with E-state index >= 15 is 0 Å². The van der Waals surface area contributed by atoms with Gasteiger partial charge in [0.15, 0.2) is 0 Å². The van der Waals surface area contributed by atoms with Gasteiger partial charge in [-0.25, -0.2) is 17.5 Å². The van der Waals surface area contributed by atoms with Gasteiger partial charge in [0.2, 0.25) is 10.0 Å². The van der Waals surface area contributed by atoms with E-state index in [9.17, 15) is 26.0 Å². The van der Waals surface area contributed by atoms with Gasteiger partial charge in [0.1, 0.15) is 5.82 Å². The molecule has 0 bridgehead atoms. The van der Waals surface area contributed by atoms with Gasteiger partial charge in [-0.05, 0) is 37.0 Å². The molecule has 1 aromatic rings. The van der Waals surface area contributed by atoms with E-state index in [0.29, 0.717) is 12.1 Å². The summed E-state index contributed by atoms with van der Waals surface area (Å²) in [5.41, 5.74) is 3.99. The van der Waals surface area contributed by atoms with E-state index in [0.717, 1.165) is 31.7 Å². The summed E-state index contributed by atoms with van der Waals surface area (Å²) in [6.07, 6.45) is -1.38. The van der Waals surface area contributed by atoms with Crippen molar-refractivity contribution >= 4 is 22.4 Å². The van der Waals surface area contributed by atoms with Crippen LogP contribution in [0.4, 0.5) is 17.6 Å². The average Bonchev–Trinajstić information content (AvgIpc) is 2.97. The highest BCUT2D eigenvalue weighted by molar-refractivity contribution is 7.89. The largest absolute Gasteiger partial charge is 0.419 e. The zero-order chi connectivity index (χ0) is 17.3. The molecule has 4 nitrogen and oxygen atoms in total. The van der Waals surface area contributed by atoms with Crippen LogP contribution in [0.2, 0.25) is 0 Å². The normalized spacial score (nSPS) is 17.5. The molecule has 0 heterocycles. The van der Waals surface area contributed by atoms with Crippen LogP contribution in [0.25, 0.3) is 0 Å². The van der Waals surface area contributed by atoms with Crippen LogP contribution in [0.15, 0.2) is 23.1 Å². The first-order chi connectivity index (χ1) is 10.6. The van der Waals surface area contributed by atoms with E-state index in [2.05, 4.69) is 4.72 Å². The van der Waals surface area contributed by atoms with Gasteiger partial charge in [0, 0.05) is 12.6 Å². The molecule has 24 heavy (non-hydrogen) atoms. The molecular weight excluding hydrogens is 372 g/mol. The fraction of sp³-hybridized carbons (Fsp3) is 0.571. The third-order valence-electron chi connectivity index (χ3n) is 4.08. The average molecular weight is 391 g/mol. The van der Waals surface area contributed by atoms with Crippen molar-refractivity contribution in [2.45, 2.75) is 42.8 Å². The summed E-state index contributed by atoms with van der Waals surface area (Å²) < 4.78 is 78.4. The molecule has 138 valence electrons. The number of hydrogen-bond donors (Lipinski definition) is 2. The molecule has 0 amide bonds. The highest BCUT2D eigenvalue weighted by Gasteiger charge is 2.36. The Kier molecular flexibility index (Phi) is 7.04. The van der Waals surface area contributed by atoms with Gasteiger partial charge in [-0.3, -0.25) is 0 Å². The minimum atomic E-state index is -4.96. The Morgan fingerprint density at radius 1 is 1.25 bits per heavy atom. The van der Waals surface area contributed by atoms with Crippen LogP contribution < -0.4 is 10.5 Å². The van der Waals surface area contributed by atoms with Gasteiger partial charge in [0.25, 0.3) is 0 Å². The maximum atomic E-state index is 13.3. The van der Waals surface area contributed by atoms with Crippen LogP contribution >= 0.6 is 12.4 Å². The summed E-state index contributed by atoms with van der Waals surface area (Å²) in [4.78, 5) is -0.623. The van der Waals surface area contributed by atoms with Crippen molar-refractivity contribution < 1.29 is 26.0 Å². The fourth-order valence-corrected chi connectivity index (χ4v) is 4.20. The van der Waals surface area contributed by atoms with Crippen LogP contribution in [-0.2, 0) is 16.2 Å². The van der Waals surface area contributed by atoms with E-state index in [-0.39, 0.29) is 24.9 Å². The van der Waals surface area contributed by atoms with Crippen molar-refractivity contribution in [2.75, 3.05) is 6.54 Å². The Labute approximate surface area is 144 Å². The first-order valence-corrected chi connectivity index (χ1v) is 8.72. The highest BCUT2D eigenvalue weighted by Crippen LogP contribution is 2.33. The summed E-state index contributed by atoms with van der Waals surface area (Å²) >= 11 is 0. The highest BCUT2D eigenvalue weighted by atomic mass is 35.5. The van der Waals surface area contributed by atoms with Crippen LogP contribution in [0.5, 0.6) is 0 Å². The molecule has 1 unspecified atom stereocenters. The van der Waals surface area contributed by atoms with Crippen molar-refractivity contribution in [2.24, 2.45) is 11.7 Å².